The minimum atomic E-state index is -1.46. The molecule has 92 valence electrons. The molecule has 0 fully saturated rings. The summed E-state index contributed by atoms with van der Waals surface area (Å²) in [6, 6.07) is 6.53. The highest BCUT2D eigenvalue weighted by molar-refractivity contribution is 6.06. The van der Waals surface area contributed by atoms with Gasteiger partial charge in [0.1, 0.15) is 11.4 Å². The fourth-order valence-electron chi connectivity index (χ4n) is 1.44. The van der Waals surface area contributed by atoms with Crippen molar-refractivity contribution >= 4 is 17.6 Å². The second-order valence-electron chi connectivity index (χ2n) is 3.40. The molecule has 1 amide bonds. The van der Waals surface area contributed by atoms with Crippen molar-refractivity contribution in [2.75, 3.05) is 5.32 Å². The number of furan rings is 1. The summed E-state index contributed by atoms with van der Waals surface area (Å²) in [5.41, 5.74) is -0.707. The van der Waals surface area contributed by atoms with Gasteiger partial charge >= 0.3 is 5.97 Å². The summed E-state index contributed by atoms with van der Waals surface area (Å²) in [4.78, 5) is 22.5. The fourth-order valence-corrected chi connectivity index (χ4v) is 1.44. The number of hydrogen-bond donors (Lipinski definition) is 2. The van der Waals surface area contributed by atoms with Crippen molar-refractivity contribution in [3.8, 4) is 0 Å². The lowest BCUT2D eigenvalue weighted by Gasteiger charge is -2.07. The van der Waals surface area contributed by atoms with E-state index >= 15 is 0 Å². The number of amides is 1. The molecule has 0 aliphatic carbocycles. The highest BCUT2D eigenvalue weighted by atomic mass is 19.1. The average molecular weight is 249 g/mol. The molecule has 2 rings (SSSR count). The van der Waals surface area contributed by atoms with E-state index in [-0.39, 0.29) is 11.4 Å². The number of carboxylic acid groups (broad SMARTS) is 1. The molecule has 1 heterocycles. The first kappa shape index (κ1) is 11.8. The molecular weight excluding hydrogens is 241 g/mol. The molecule has 0 saturated carbocycles. The number of aromatic carboxylic acids is 1. The van der Waals surface area contributed by atoms with E-state index in [1.165, 1.54) is 30.5 Å². The number of anilines is 1. The van der Waals surface area contributed by atoms with Crippen LogP contribution in [0.3, 0.4) is 0 Å². The third-order valence-corrected chi connectivity index (χ3v) is 2.22. The monoisotopic (exact) mass is 249 g/mol. The molecule has 0 aliphatic heterocycles. The lowest BCUT2D eigenvalue weighted by atomic mass is 10.1. The first-order chi connectivity index (χ1) is 8.59. The van der Waals surface area contributed by atoms with Crippen LogP contribution in [0.2, 0.25) is 0 Å². The largest absolute Gasteiger partial charge is 0.478 e. The third-order valence-electron chi connectivity index (χ3n) is 2.22. The summed E-state index contributed by atoms with van der Waals surface area (Å²) in [6.07, 6.45) is 1.30. The minimum absolute atomic E-state index is 0.00981. The van der Waals surface area contributed by atoms with E-state index in [0.29, 0.717) is 0 Å². The lowest BCUT2D eigenvalue weighted by Crippen LogP contribution is -2.15. The van der Waals surface area contributed by atoms with E-state index in [9.17, 15) is 14.0 Å². The van der Waals surface area contributed by atoms with Gasteiger partial charge in [-0.1, -0.05) is 6.07 Å². The van der Waals surface area contributed by atoms with Crippen LogP contribution in [0.15, 0.2) is 41.0 Å². The van der Waals surface area contributed by atoms with E-state index < -0.39 is 23.3 Å². The number of hydrogen-bond acceptors (Lipinski definition) is 3. The Morgan fingerprint density at radius 3 is 2.61 bits per heavy atom. The molecule has 0 saturated heterocycles. The van der Waals surface area contributed by atoms with Gasteiger partial charge in [-0.3, -0.25) is 4.79 Å². The molecule has 18 heavy (non-hydrogen) atoms. The molecule has 0 bridgehead atoms. The van der Waals surface area contributed by atoms with Gasteiger partial charge in [0, 0.05) is 0 Å². The Balaban J connectivity index is 2.32. The molecule has 6 heteroatoms. The van der Waals surface area contributed by atoms with Crippen molar-refractivity contribution in [3.63, 3.8) is 0 Å². The summed E-state index contributed by atoms with van der Waals surface area (Å²) in [5, 5.41) is 11.2. The van der Waals surface area contributed by atoms with E-state index in [4.69, 9.17) is 9.52 Å². The summed E-state index contributed by atoms with van der Waals surface area (Å²) in [6.45, 7) is 0. The maximum absolute atomic E-state index is 13.3. The predicted molar refractivity (Wildman–Crippen MR) is 60.0 cm³/mol. The summed E-state index contributed by atoms with van der Waals surface area (Å²) >= 11 is 0. The van der Waals surface area contributed by atoms with Gasteiger partial charge in [0.2, 0.25) is 0 Å². The molecule has 5 nitrogen and oxygen atoms in total. The highest BCUT2D eigenvalue weighted by Crippen LogP contribution is 2.19. The van der Waals surface area contributed by atoms with Gasteiger partial charge in [-0.15, -0.1) is 0 Å². The van der Waals surface area contributed by atoms with Crippen LogP contribution in [0, 0.1) is 5.82 Å². The maximum Gasteiger partial charge on any atom is 0.340 e. The van der Waals surface area contributed by atoms with Gasteiger partial charge in [-0.05, 0) is 24.3 Å². The number of nitrogens with one attached hydrogen (secondary N) is 1. The van der Waals surface area contributed by atoms with Crippen LogP contribution < -0.4 is 5.32 Å². The molecule has 1 aromatic carbocycles. The molecule has 0 spiro atoms. The van der Waals surface area contributed by atoms with Crippen molar-refractivity contribution in [2.45, 2.75) is 0 Å². The zero-order chi connectivity index (χ0) is 13.1. The van der Waals surface area contributed by atoms with Crippen LogP contribution in [0.25, 0.3) is 0 Å². The number of carboxylic acids is 1. The lowest BCUT2D eigenvalue weighted by molar-refractivity contribution is 0.0693. The Labute approximate surface area is 101 Å². The van der Waals surface area contributed by atoms with Crippen molar-refractivity contribution in [1.82, 2.24) is 0 Å². The third kappa shape index (κ3) is 2.22. The number of carbonyl (C=O) groups is 2. The molecule has 2 N–H and O–H groups in total. The Bertz CT molecular complexity index is 592. The average Bonchev–Trinajstić information content (AvgIpc) is 2.81. The SMILES string of the molecule is O=C(Nc1cccc(F)c1C(=O)O)c1ccco1. The van der Waals surface area contributed by atoms with Crippen molar-refractivity contribution in [3.05, 3.63) is 53.7 Å². The van der Waals surface area contributed by atoms with E-state index in [1.54, 1.807) is 0 Å². The molecule has 1 aromatic heterocycles. The molecule has 2 aromatic rings. The Morgan fingerprint density at radius 1 is 1.22 bits per heavy atom. The van der Waals surface area contributed by atoms with Gasteiger partial charge in [0.05, 0.1) is 12.0 Å². The van der Waals surface area contributed by atoms with Crippen molar-refractivity contribution in [2.24, 2.45) is 0 Å². The number of benzene rings is 1. The summed E-state index contributed by atoms with van der Waals surface area (Å²) in [7, 11) is 0. The molecular formula is C12H8FNO4. The predicted octanol–water partition coefficient (Wildman–Crippen LogP) is 2.37. The fraction of sp³-hybridized carbons (Fsp3) is 0. The highest BCUT2D eigenvalue weighted by Gasteiger charge is 2.18. The normalized spacial score (nSPS) is 10.1. The van der Waals surface area contributed by atoms with Gasteiger partial charge in [0.15, 0.2) is 5.76 Å². The van der Waals surface area contributed by atoms with E-state index in [0.717, 1.165) is 6.07 Å². The van der Waals surface area contributed by atoms with Crippen LogP contribution >= 0.6 is 0 Å². The van der Waals surface area contributed by atoms with Crippen LogP contribution in [-0.2, 0) is 0 Å². The van der Waals surface area contributed by atoms with Crippen molar-refractivity contribution in [1.29, 1.82) is 0 Å². The number of halogens is 1. The maximum atomic E-state index is 13.3. The quantitative estimate of drug-likeness (QED) is 0.875. The zero-order valence-corrected chi connectivity index (χ0v) is 9.01. The van der Waals surface area contributed by atoms with Gasteiger partial charge in [-0.25, -0.2) is 9.18 Å². The van der Waals surface area contributed by atoms with Gasteiger partial charge < -0.3 is 14.8 Å². The van der Waals surface area contributed by atoms with Crippen LogP contribution in [0.1, 0.15) is 20.9 Å². The van der Waals surface area contributed by atoms with Gasteiger partial charge in [0.25, 0.3) is 5.91 Å². The second-order valence-corrected chi connectivity index (χ2v) is 3.40. The van der Waals surface area contributed by atoms with E-state index in [2.05, 4.69) is 5.32 Å². The smallest absolute Gasteiger partial charge is 0.340 e. The Kier molecular flexibility index (Phi) is 3.09. The molecule has 0 atom stereocenters. The summed E-state index contributed by atoms with van der Waals surface area (Å²) in [5.74, 6) is -3.01. The Morgan fingerprint density at radius 2 is 2.00 bits per heavy atom. The zero-order valence-electron chi connectivity index (χ0n) is 9.01. The first-order valence-electron chi connectivity index (χ1n) is 4.96. The number of rotatable bonds is 3. The topological polar surface area (TPSA) is 79.5 Å². The Hall–Kier alpha value is -2.63. The molecule has 0 radical (unpaired) electrons. The number of carbonyl (C=O) groups excluding carboxylic acids is 1. The molecule has 0 aliphatic rings. The minimum Gasteiger partial charge on any atom is -0.478 e. The van der Waals surface area contributed by atoms with Crippen LogP contribution in [-0.4, -0.2) is 17.0 Å². The van der Waals surface area contributed by atoms with E-state index in [1.807, 2.05) is 0 Å². The van der Waals surface area contributed by atoms with Gasteiger partial charge in [-0.2, -0.15) is 0 Å². The summed E-state index contributed by atoms with van der Waals surface area (Å²) < 4.78 is 18.2. The first-order valence-corrected chi connectivity index (χ1v) is 4.96. The molecule has 0 unspecified atom stereocenters. The standard InChI is InChI=1S/C12H8FNO4/c13-7-3-1-4-8(10(7)12(16)17)14-11(15)9-5-2-6-18-9/h1-6H,(H,14,15)(H,16,17). The van der Waals surface area contributed by atoms with Crippen LogP contribution in [0.4, 0.5) is 10.1 Å². The second kappa shape index (κ2) is 4.70. The van der Waals surface area contributed by atoms with Crippen molar-refractivity contribution < 1.29 is 23.5 Å². The van der Waals surface area contributed by atoms with Crippen LogP contribution in [0.5, 0.6) is 0 Å².